The van der Waals surface area contributed by atoms with Crippen molar-refractivity contribution in [3.8, 4) is 0 Å². The fourth-order valence-corrected chi connectivity index (χ4v) is 6.44. The van der Waals surface area contributed by atoms with Crippen molar-refractivity contribution in [3.05, 3.63) is 53.9 Å². The Kier molecular flexibility index (Phi) is 7.95. The highest BCUT2D eigenvalue weighted by molar-refractivity contribution is 5.92. The van der Waals surface area contributed by atoms with Gasteiger partial charge in [-0.25, -0.2) is 9.97 Å². The van der Waals surface area contributed by atoms with Gasteiger partial charge in [0.15, 0.2) is 0 Å². The molecule has 226 valence electrons. The van der Waals surface area contributed by atoms with Crippen LogP contribution in [0.3, 0.4) is 0 Å². The van der Waals surface area contributed by atoms with Crippen LogP contribution in [-0.2, 0) is 10.2 Å². The zero-order valence-electron chi connectivity index (χ0n) is 24.8. The summed E-state index contributed by atoms with van der Waals surface area (Å²) >= 11 is 0. The molecular formula is C32H41F3N6O. The van der Waals surface area contributed by atoms with Gasteiger partial charge in [0, 0.05) is 77.2 Å². The standard InChI is InChI=1S/C32H41F3N6O/c1-38(2)28-7-5-4-6-25(28)23-10-14-41(15-11-23)29-26-22-24(39(3)16-17-40-18-20-42-21-19-40)8-9-27(26)36-30(37-29)31(12-13-31)32(33,34)35/h4-9,22-23H,10-21H2,1-3H3. The van der Waals surface area contributed by atoms with Crippen molar-refractivity contribution in [1.82, 2.24) is 14.9 Å². The Labute approximate surface area is 246 Å². The predicted molar refractivity (Wildman–Crippen MR) is 162 cm³/mol. The summed E-state index contributed by atoms with van der Waals surface area (Å²) in [4.78, 5) is 18.2. The second kappa shape index (κ2) is 11.5. The molecule has 0 atom stereocenters. The summed E-state index contributed by atoms with van der Waals surface area (Å²) in [5.74, 6) is 0.943. The molecule has 0 radical (unpaired) electrons. The molecule has 1 aliphatic carbocycles. The predicted octanol–water partition coefficient (Wildman–Crippen LogP) is 5.44. The summed E-state index contributed by atoms with van der Waals surface area (Å²) in [6, 6.07) is 14.4. The minimum Gasteiger partial charge on any atom is -0.379 e. The summed E-state index contributed by atoms with van der Waals surface area (Å²) in [6.45, 7) is 6.62. The van der Waals surface area contributed by atoms with Crippen LogP contribution in [0.1, 0.15) is 43.0 Å². The Morgan fingerprint density at radius 1 is 0.952 bits per heavy atom. The highest BCUT2D eigenvalue weighted by atomic mass is 19.4. The maximum atomic E-state index is 14.2. The van der Waals surface area contributed by atoms with Gasteiger partial charge in [-0.2, -0.15) is 13.2 Å². The average molecular weight is 583 g/mol. The van der Waals surface area contributed by atoms with Crippen LogP contribution in [0.15, 0.2) is 42.5 Å². The van der Waals surface area contributed by atoms with E-state index in [1.54, 1.807) is 0 Å². The number of halogens is 3. The van der Waals surface area contributed by atoms with Crippen molar-refractivity contribution >= 4 is 28.1 Å². The van der Waals surface area contributed by atoms with Gasteiger partial charge in [-0.05, 0) is 61.4 Å². The van der Waals surface area contributed by atoms with Crippen molar-refractivity contribution in [1.29, 1.82) is 0 Å². The summed E-state index contributed by atoms with van der Waals surface area (Å²) in [7, 11) is 6.19. The van der Waals surface area contributed by atoms with Crippen molar-refractivity contribution in [2.24, 2.45) is 0 Å². The number of anilines is 3. The van der Waals surface area contributed by atoms with E-state index in [9.17, 15) is 13.2 Å². The van der Waals surface area contributed by atoms with E-state index in [1.165, 1.54) is 11.3 Å². The number of aromatic nitrogens is 2. The van der Waals surface area contributed by atoms with Crippen LogP contribution in [0.4, 0.5) is 30.4 Å². The lowest BCUT2D eigenvalue weighted by atomic mass is 9.88. The molecular weight excluding hydrogens is 541 g/mol. The topological polar surface area (TPSA) is 48.0 Å². The third kappa shape index (κ3) is 5.63. The van der Waals surface area contributed by atoms with Crippen LogP contribution < -0.4 is 14.7 Å². The Balaban J connectivity index is 1.30. The number of fused-ring (bicyclic) bond motifs is 1. The van der Waals surface area contributed by atoms with Gasteiger partial charge in [0.25, 0.3) is 0 Å². The van der Waals surface area contributed by atoms with Crippen molar-refractivity contribution in [3.63, 3.8) is 0 Å². The smallest absolute Gasteiger partial charge is 0.379 e. The number of benzene rings is 2. The highest BCUT2D eigenvalue weighted by Crippen LogP contribution is 2.58. The molecule has 2 aromatic carbocycles. The van der Waals surface area contributed by atoms with E-state index >= 15 is 0 Å². The van der Waals surface area contributed by atoms with Gasteiger partial charge in [0.1, 0.15) is 17.1 Å². The lowest BCUT2D eigenvalue weighted by molar-refractivity contribution is -0.162. The minimum absolute atomic E-state index is 0.0488. The van der Waals surface area contributed by atoms with E-state index in [2.05, 4.69) is 76.1 Å². The van der Waals surface area contributed by atoms with Gasteiger partial charge in [-0.15, -0.1) is 0 Å². The van der Waals surface area contributed by atoms with E-state index in [0.29, 0.717) is 17.3 Å². The second-order valence-electron chi connectivity index (χ2n) is 12.2. The van der Waals surface area contributed by atoms with Crippen LogP contribution in [0.2, 0.25) is 0 Å². The SMILES string of the molecule is CN(C)c1ccccc1C1CCN(c2nc(C3(C(F)(F)F)CC3)nc3ccc(N(C)CCN4CCOCC4)cc23)CC1. The van der Waals surface area contributed by atoms with E-state index in [4.69, 9.17) is 9.72 Å². The first-order valence-corrected chi connectivity index (χ1v) is 15.1. The van der Waals surface area contributed by atoms with Crippen LogP contribution >= 0.6 is 0 Å². The van der Waals surface area contributed by atoms with Crippen molar-refractivity contribution < 1.29 is 17.9 Å². The van der Waals surface area contributed by atoms with Crippen molar-refractivity contribution in [2.45, 2.75) is 43.2 Å². The van der Waals surface area contributed by atoms with Crippen molar-refractivity contribution in [2.75, 3.05) is 88.3 Å². The fourth-order valence-electron chi connectivity index (χ4n) is 6.44. The Bertz CT molecular complexity index is 1390. The summed E-state index contributed by atoms with van der Waals surface area (Å²) in [5.41, 5.74) is 2.22. The number of piperidine rings is 1. The van der Waals surface area contributed by atoms with E-state index < -0.39 is 11.6 Å². The monoisotopic (exact) mass is 582 g/mol. The van der Waals surface area contributed by atoms with Gasteiger partial charge in [0.05, 0.1) is 18.7 Å². The number of hydrogen-bond acceptors (Lipinski definition) is 7. The number of rotatable bonds is 8. The molecule has 0 unspecified atom stereocenters. The number of likely N-dealkylation sites (N-methyl/N-ethyl adjacent to an activating group) is 1. The molecule has 3 fully saturated rings. The van der Waals surface area contributed by atoms with Crippen LogP contribution in [-0.4, -0.2) is 94.7 Å². The molecule has 0 spiro atoms. The number of ether oxygens (including phenoxy) is 1. The van der Waals surface area contributed by atoms with Crippen LogP contribution in [0.5, 0.6) is 0 Å². The second-order valence-corrected chi connectivity index (χ2v) is 12.2. The average Bonchev–Trinajstić information content (AvgIpc) is 3.82. The Morgan fingerprint density at radius 3 is 2.33 bits per heavy atom. The highest BCUT2D eigenvalue weighted by Gasteiger charge is 2.66. The van der Waals surface area contributed by atoms with E-state index in [-0.39, 0.29) is 18.7 Å². The van der Waals surface area contributed by atoms with Crippen LogP contribution in [0, 0.1) is 0 Å². The van der Waals surface area contributed by atoms with Gasteiger partial charge in [0.2, 0.25) is 0 Å². The van der Waals surface area contributed by atoms with Gasteiger partial charge >= 0.3 is 6.18 Å². The third-order valence-electron chi connectivity index (χ3n) is 9.33. The molecule has 0 amide bonds. The molecule has 3 aromatic rings. The number of alkyl halides is 3. The molecule has 0 bridgehead atoms. The van der Waals surface area contributed by atoms with Gasteiger partial charge in [-0.3, -0.25) is 4.90 Å². The Morgan fingerprint density at radius 2 is 1.67 bits per heavy atom. The lowest BCUT2D eigenvalue weighted by Gasteiger charge is -2.35. The van der Waals surface area contributed by atoms with E-state index in [1.807, 2.05) is 12.1 Å². The molecule has 6 rings (SSSR count). The zero-order valence-corrected chi connectivity index (χ0v) is 24.8. The summed E-state index contributed by atoms with van der Waals surface area (Å²) in [6.07, 6.45) is -2.44. The third-order valence-corrected chi connectivity index (χ3v) is 9.33. The quantitative estimate of drug-likeness (QED) is 0.351. The fraction of sp³-hybridized carbons (Fsp3) is 0.562. The maximum Gasteiger partial charge on any atom is 0.401 e. The lowest BCUT2D eigenvalue weighted by Crippen LogP contribution is -2.40. The number of hydrogen-bond donors (Lipinski definition) is 0. The number of morpholine rings is 1. The minimum atomic E-state index is -4.36. The molecule has 0 N–H and O–H groups in total. The molecule has 1 saturated carbocycles. The van der Waals surface area contributed by atoms with Gasteiger partial charge in [-0.1, -0.05) is 18.2 Å². The first-order valence-electron chi connectivity index (χ1n) is 15.1. The molecule has 10 heteroatoms. The molecule has 3 heterocycles. The van der Waals surface area contributed by atoms with E-state index in [0.717, 1.165) is 76.4 Å². The van der Waals surface area contributed by atoms with Crippen LogP contribution in [0.25, 0.3) is 10.9 Å². The first kappa shape index (κ1) is 29.0. The summed E-state index contributed by atoms with van der Waals surface area (Å²) < 4.78 is 48.0. The normalized spacial score (nSPS) is 19.7. The Hall–Kier alpha value is -3.11. The maximum absolute atomic E-state index is 14.2. The molecule has 3 aliphatic rings. The molecule has 42 heavy (non-hydrogen) atoms. The molecule has 1 aromatic heterocycles. The molecule has 2 saturated heterocycles. The number of nitrogens with zero attached hydrogens (tertiary/aromatic N) is 6. The molecule has 2 aliphatic heterocycles. The zero-order chi connectivity index (χ0) is 29.5. The van der Waals surface area contributed by atoms with Gasteiger partial charge < -0.3 is 19.4 Å². The molecule has 7 nitrogen and oxygen atoms in total. The largest absolute Gasteiger partial charge is 0.401 e. The first-order chi connectivity index (χ1) is 20.2. The number of para-hydroxylation sites is 1. The summed E-state index contributed by atoms with van der Waals surface area (Å²) in [5, 5.41) is 0.819.